The molecule has 0 saturated heterocycles. The van der Waals surface area contributed by atoms with Gasteiger partial charge in [-0.3, -0.25) is 0 Å². The molecule has 0 radical (unpaired) electrons. The van der Waals surface area contributed by atoms with Crippen molar-refractivity contribution < 1.29 is 17.6 Å². The van der Waals surface area contributed by atoms with Crippen molar-refractivity contribution in [1.29, 1.82) is 0 Å². The summed E-state index contributed by atoms with van der Waals surface area (Å²) >= 11 is 0. The Morgan fingerprint density at radius 1 is 1.33 bits per heavy atom. The molecule has 1 nitrogen and oxygen atoms in total. The third-order valence-electron chi connectivity index (χ3n) is 0.849. The van der Waals surface area contributed by atoms with Crippen LogP contribution >= 0.6 is 0 Å². The van der Waals surface area contributed by atoms with E-state index in [9.17, 15) is 13.2 Å². The average Bonchev–Trinajstić information content (AvgIpc) is 2.08. The molecular weight excluding hydrogens is 133 g/mol. The van der Waals surface area contributed by atoms with E-state index >= 15 is 0 Å². The first-order valence-electron chi connectivity index (χ1n) is 2.20. The Kier molecular flexibility index (Phi) is 1.23. The van der Waals surface area contributed by atoms with E-state index in [1.807, 2.05) is 0 Å². The van der Waals surface area contributed by atoms with Crippen LogP contribution in [0.2, 0.25) is 0 Å². The molecule has 0 N–H and O–H groups in total. The minimum Gasteiger partial charge on any atom is -0.472 e. The molecule has 0 amide bonds. The molecule has 1 heterocycles. The summed E-state index contributed by atoms with van der Waals surface area (Å²) in [5.41, 5.74) is -0.748. The highest BCUT2D eigenvalue weighted by Crippen LogP contribution is 2.28. The first-order chi connectivity index (χ1) is 4.11. The molecule has 0 spiro atoms. The Bertz CT molecular complexity index is 175. The molecule has 0 aromatic carbocycles. The van der Waals surface area contributed by atoms with E-state index in [1.165, 1.54) is 0 Å². The molecule has 0 unspecified atom stereocenters. The molecule has 4 heteroatoms. The van der Waals surface area contributed by atoms with E-state index in [4.69, 9.17) is 0 Å². The van der Waals surface area contributed by atoms with Crippen molar-refractivity contribution in [1.82, 2.24) is 0 Å². The summed E-state index contributed by atoms with van der Waals surface area (Å²) in [6, 6.07) is 0.875. The summed E-state index contributed by atoms with van der Waals surface area (Å²) in [7, 11) is 0. The number of halogens is 3. The van der Waals surface area contributed by atoms with E-state index in [0.717, 1.165) is 12.3 Å². The van der Waals surface area contributed by atoms with E-state index < -0.39 is 11.7 Å². The van der Waals surface area contributed by atoms with E-state index in [2.05, 4.69) is 4.42 Å². The zero-order chi connectivity index (χ0) is 6.91. The summed E-state index contributed by atoms with van der Waals surface area (Å²) in [6.45, 7) is 0. The van der Waals surface area contributed by atoms with Crippen molar-refractivity contribution in [2.24, 2.45) is 0 Å². The average molecular weight is 136 g/mol. The molecule has 0 atom stereocenters. The Labute approximate surface area is 49.1 Å². The predicted octanol–water partition coefficient (Wildman–Crippen LogP) is 2.30. The van der Waals surface area contributed by atoms with Crippen LogP contribution in [0.3, 0.4) is 0 Å². The molecule has 1 aromatic rings. The van der Waals surface area contributed by atoms with Gasteiger partial charge in [0, 0.05) is 0 Å². The zero-order valence-electron chi connectivity index (χ0n) is 4.27. The van der Waals surface area contributed by atoms with Crippen molar-refractivity contribution in [2.75, 3.05) is 0 Å². The molecule has 0 aliphatic carbocycles. The number of rotatable bonds is 0. The van der Waals surface area contributed by atoms with Crippen LogP contribution < -0.4 is 0 Å². The fraction of sp³-hybridized carbons (Fsp3) is 0.200. The van der Waals surface area contributed by atoms with Crippen molar-refractivity contribution in [3.8, 4) is 0 Å². The molecule has 0 fully saturated rings. The molecule has 1 aromatic heterocycles. The molecule has 0 saturated carbocycles. The Balaban J connectivity index is 2.90. The van der Waals surface area contributed by atoms with E-state index in [-0.39, 0.29) is 0 Å². The van der Waals surface area contributed by atoms with Gasteiger partial charge in [-0.1, -0.05) is 0 Å². The van der Waals surface area contributed by atoms with Crippen LogP contribution in [0, 0.1) is 0 Å². The summed E-state index contributed by atoms with van der Waals surface area (Å²) < 4.78 is 38.9. The summed E-state index contributed by atoms with van der Waals surface area (Å²) in [5, 5.41) is 0. The lowest BCUT2D eigenvalue weighted by atomic mass is 10.3. The van der Waals surface area contributed by atoms with Crippen LogP contribution in [0.15, 0.2) is 23.0 Å². The molecule has 50 valence electrons. The Hall–Kier alpha value is -0.930. The minimum atomic E-state index is -4.27. The van der Waals surface area contributed by atoms with Crippen molar-refractivity contribution in [3.63, 3.8) is 0 Å². The normalized spacial score (nSPS) is 11.9. The number of hydrogen-bond donors (Lipinski definition) is 0. The van der Waals surface area contributed by atoms with Gasteiger partial charge in [0.15, 0.2) is 0 Å². The Morgan fingerprint density at radius 3 is 2.22 bits per heavy atom. The molecule has 9 heavy (non-hydrogen) atoms. The van der Waals surface area contributed by atoms with Gasteiger partial charge in [0.05, 0.1) is 11.8 Å². The maximum atomic E-state index is 11.6. The van der Waals surface area contributed by atoms with Crippen LogP contribution in [0.4, 0.5) is 13.2 Å². The number of hydrogen-bond acceptors (Lipinski definition) is 1. The van der Waals surface area contributed by atoms with Crippen LogP contribution in [-0.4, -0.2) is 0 Å². The molecule has 0 aliphatic rings. The second kappa shape index (κ2) is 1.79. The van der Waals surface area contributed by atoms with Gasteiger partial charge < -0.3 is 4.42 Å². The third-order valence-corrected chi connectivity index (χ3v) is 0.849. The Morgan fingerprint density at radius 2 is 2.00 bits per heavy atom. The lowest BCUT2D eigenvalue weighted by Gasteiger charge is -1.98. The van der Waals surface area contributed by atoms with Crippen molar-refractivity contribution >= 4 is 0 Å². The van der Waals surface area contributed by atoms with Gasteiger partial charge in [0.1, 0.15) is 6.26 Å². The zero-order valence-corrected chi connectivity index (χ0v) is 4.27. The van der Waals surface area contributed by atoms with Gasteiger partial charge >= 0.3 is 6.18 Å². The third kappa shape index (κ3) is 1.25. The highest BCUT2D eigenvalue weighted by molar-refractivity contribution is 5.09. The maximum absolute atomic E-state index is 11.6. The second-order valence-corrected chi connectivity index (χ2v) is 1.51. The lowest BCUT2D eigenvalue weighted by molar-refractivity contribution is -0.137. The molecule has 1 rings (SSSR count). The monoisotopic (exact) mass is 136 g/mol. The van der Waals surface area contributed by atoms with Gasteiger partial charge in [0.25, 0.3) is 0 Å². The topological polar surface area (TPSA) is 13.1 Å². The minimum absolute atomic E-state index is 0.667. The predicted molar refractivity (Wildman–Crippen MR) is 23.7 cm³/mol. The highest BCUT2D eigenvalue weighted by Gasteiger charge is 2.31. The summed E-state index contributed by atoms with van der Waals surface area (Å²) in [5.74, 6) is 0. The van der Waals surface area contributed by atoms with Gasteiger partial charge in [-0.05, 0) is 6.07 Å². The van der Waals surface area contributed by atoms with Gasteiger partial charge in [-0.25, -0.2) is 0 Å². The fourth-order valence-electron chi connectivity index (χ4n) is 0.426. The quantitative estimate of drug-likeness (QED) is 0.533. The highest BCUT2D eigenvalue weighted by atomic mass is 19.4. The van der Waals surface area contributed by atoms with Gasteiger partial charge in [-0.2, -0.15) is 13.2 Å². The van der Waals surface area contributed by atoms with Crippen molar-refractivity contribution in [3.05, 3.63) is 24.2 Å². The first kappa shape index (κ1) is 6.19. The SMILES string of the molecule is FC(F)(F)c1ccoc1. The lowest BCUT2D eigenvalue weighted by Crippen LogP contribution is -2.01. The van der Waals surface area contributed by atoms with Crippen LogP contribution in [0.1, 0.15) is 5.56 Å². The van der Waals surface area contributed by atoms with Crippen molar-refractivity contribution in [2.45, 2.75) is 6.18 Å². The maximum Gasteiger partial charge on any atom is 0.419 e. The van der Waals surface area contributed by atoms with E-state index in [1.54, 1.807) is 0 Å². The van der Waals surface area contributed by atoms with Crippen LogP contribution in [0.25, 0.3) is 0 Å². The smallest absolute Gasteiger partial charge is 0.419 e. The first-order valence-corrected chi connectivity index (χ1v) is 2.20. The van der Waals surface area contributed by atoms with E-state index in [0.29, 0.717) is 6.26 Å². The largest absolute Gasteiger partial charge is 0.472 e. The molecule has 0 aliphatic heterocycles. The van der Waals surface area contributed by atoms with Gasteiger partial charge in [0.2, 0.25) is 0 Å². The molecular formula is C5H3F3O. The summed E-state index contributed by atoms with van der Waals surface area (Å²) in [4.78, 5) is 0. The standard InChI is InChI=1S/C5H3F3O/c6-5(7,8)4-1-2-9-3-4/h1-3H. The van der Waals surface area contributed by atoms with Crippen LogP contribution in [-0.2, 0) is 6.18 Å². The second-order valence-electron chi connectivity index (χ2n) is 1.51. The van der Waals surface area contributed by atoms with Crippen LogP contribution in [0.5, 0.6) is 0 Å². The van der Waals surface area contributed by atoms with Gasteiger partial charge in [-0.15, -0.1) is 0 Å². The number of alkyl halides is 3. The summed E-state index contributed by atoms with van der Waals surface area (Å²) in [6.07, 6.45) is -2.62. The fourth-order valence-corrected chi connectivity index (χ4v) is 0.426. The number of furan rings is 1. The molecule has 0 bridgehead atoms.